The lowest BCUT2D eigenvalue weighted by atomic mass is 10.1. The SMILES string of the molecule is CCN(CC)CCNC(=O)c1ccc(NC(=O)Nc2ccc(SC)cc2)cc1OC. The van der Waals surface area contributed by atoms with E-state index in [1.165, 1.54) is 7.11 Å². The molecule has 2 aromatic rings. The van der Waals surface area contributed by atoms with E-state index in [4.69, 9.17) is 4.74 Å². The third kappa shape index (κ3) is 6.96. The maximum Gasteiger partial charge on any atom is 0.323 e. The first-order valence-corrected chi connectivity index (χ1v) is 11.1. The highest BCUT2D eigenvalue weighted by Gasteiger charge is 2.14. The van der Waals surface area contributed by atoms with Crippen molar-refractivity contribution in [3.63, 3.8) is 0 Å². The molecule has 0 atom stereocenters. The van der Waals surface area contributed by atoms with Gasteiger partial charge in [0.15, 0.2) is 0 Å². The van der Waals surface area contributed by atoms with E-state index >= 15 is 0 Å². The van der Waals surface area contributed by atoms with Gasteiger partial charge in [-0.25, -0.2) is 4.79 Å². The Morgan fingerprint density at radius 2 is 1.63 bits per heavy atom. The van der Waals surface area contributed by atoms with Gasteiger partial charge in [-0.15, -0.1) is 11.8 Å². The summed E-state index contributed by atoms with van der Waals surface area (Å²) in [6.07, 6.45) is 2.00. The maximum atomic E-state index is 12.5. The van der Waals surface area contributed by atoms with Crippen LogP contribution in [0.25, 0.3) is 0 Å². The number of nitrogens with zero attached hydrogens (tertiary/aromatic N) is 1. The number of urea groups is 1. The smallest absolute Gasteiger partial charge is 0.323 e. The van der Waals surface area contributed by atoms with Crippen LogP contribution < -0.4 is 20.7 Å². The van der Waals surface area contributed by atoms with Crippen molar-refractivity contribution in [3.05, 3.63) is 48.0 Å². The summed E-state index contributed by atoms with van der Waals surface area (Å²) in [4.78, 5) is 28.1. The van der Waals surface area contributed by atoms with Gasteiger partial charge in [-0.05, 0) is 55.7 Å². The summed E-state index contributed by atoms with van der Waals surface area (Å²) in [7, 11) is 1.50. The molecule has 0 aliphatic heterocycles. The number of ether oxygens (including phenoxy) is 1. The molecule has 0 saturated carbocycles. The fourth-order valence-electron chi connectivity index (χ4n) is 2.89. The number of hydrogen-bond acceptors (Lipinski definition) is 5. The normalized spacial score (nSPS) is 10.6. The van der Waals surface area contributed by atoms with E-state index in [0.29, 0.717) is 29.2 Å². The van der Waals surface area contributed by atoms with Gasteiger partial charge in [0.05, 0.1) is 12.7 Å². The number of hydrogen-bond donors (Lipinski definition) is 3. The molecule has 0 radical (unpaired) electrons. The number of likely N-dealkylation sites (N-methyl/N-ethyl adjacent to an activating group) is 1. The Labute approximate surface area is 182 Å². The number of methoxy groups -OCH3 is 1. The Morgan fingerprint density at radius 1 is 1.00 bits per heavy atom. The van der Waals surface area contributed by atoms with Crippen LogP contribution in [0.4, 0.5) is 16.2 Å². The number of carbonyl (C=O) groups is 2. The second kappa shape index (κ2) is 12.1. The van der Waals surface area contributed by atoms with Crippen LogP contribution in [0.1, 0.15) is 24.2 Å². The number of amides is 3. The molecular formula is C22H30N4O3S. The van der Waals surface area contributed by atoms with Crippen molar-refractivity contribution in [2.45, 2.75) is 18.7 Å². The van der Waals surface area contributed by atoms with Gasteiger partial charge in [0.25, 0.3) is 5.91 Å². The van der Waals surface area contributed by atoms with Crippen molar-refractivity contribution in [1.29, 1.82) is 0 Å². The summed E-state index contributed by atoms with van der Waals surface area (Å²) in [6.45, 7) is 7.42. The van der Waals surface area contributed by atoms with Crippen LogP contribution in [0.2, 0.25) is 0 Å². The summed E-state index contributed by atoms with van der Waals surface area (Å²) in [6, 6.07) is 12.2. The highest BCUT2D eigenvalue weighted by atomic mass is 32.2. The van der Waals surface area contributed by atoms with Crippen molar-refractivity contribution in [3.8, 4) is 5.75 Å². The molecular weight excluding hydrogens is 400 g/mol. The lowest BCUT2D eigenvalue weighted by molar-refractivity contribution is 0.0946. The molecule has 0 fully saturated rings. The fraction of sp³-hybridized carbons (Fsp3) is 0.364. The Morgan fingerprint density at radius 3 is 2.23 bits per heavy atom. The molecule has 0 saturated heterocycles. The van der Waals surface area contributed by atoms with Gasteiger partial charge in [0.1, 0.15) is 5.75 Å². The first kappa shape index (κ1) is 23.6. The van der Waals surface area contributed by atoms with Crippen molar-refractivity contribution >= 4 is 35.1 Å². The second-order valence-electron chi connectivity index (χ2n) is 6.51. The summed E-state index contributed by atoms with van der Waals surface area (Å²) in [5.41, 5.74) is 1.65. The first-order chi connectivity index (χ1) is 14.5. The molecule has 0 aliphatic carbocycles. The Bertz CT molecular complexity index is 839. The molecule has 0 aliphatic rings. The summed E-state index contributed by atoms with van der Waals surface area (Å²) >= 11 is 1.64. The molecule has 0 aromatic heterocycles. The van der Waals surface area contributed by atoms with Crippen LogP contribution in [0.3, 0.4) is 0 Å². The summed E-state index contributed by atoms with van der Waals surface area (Å²) in [5.74, 6) is 0.196. The van der Waals surface area contributed by atoms with Gasteiger partial charge >= 0.3 is 6.03 Å². The largest absolute Gasteiger partial charge is 0.496 e. The third-order valence-corrected chi connectivity index (χ3v) is 5.40. The summed E-state index contributed by atoms with van der Waals surface area (Å²) in [5, 5.41) is 8.45. The van der Waals surface area contributed by atoms with Crippen LogP contribution in [-0.2, 0) is 0 Å². The van der Waals surface area contributed by atoms with E-state index in [9.17, 15) is 9.59 Å². The zero-order valence-electron chi connectivity index (χ0n) is 18.0. The first-order valence-electron chi connectivity index (χ1n) is 9.91. The number of benzene rings is 2. The van der Waals surface area contributed by atoms with Gasteiger partial charge < -0.3 is 25.6 Å². The van der Waals surface area contributed by atoms with Crippen molar-refractivity contribution in [2.24, 2.45) is 0 Å². The molecule has 0 spiro atoms. The zero-order chi connectivity index (χ0) is 21.9. The molecule has 0 unspecified atom stereocenters. The van der Waals surface area contributed by atoms with Crippen LogP contribution in [0.15, 0.2) is 47.4 Å². The van der Waals surface area contributed by atoms with Gasteiger partial charge in [-0.1, -0.05) is 13.8 Å². The number of carbonyl (C=O) groups excluding carboxylic acids is 2. The predicted octanol–water partition coefficient (Wildman–Crippen LogP) is 4.13. The van der Waals surface area contributed by atoms with Gasteiger partial charge in [0.2, 0.25) is 0 Å². The Hall–Kier alpha value is -2.71. The minimum absolute atomic E-state index is 0.205. The van der Waals surface area contributed by atoms with Crippen molar-refractivity contribution in [2.75, 3.05) is 50.2 Å². The van der Waals surface area contributed by atoms with Crippen LogP contribution in [0, 0.1) is 0 Å². The average molecular weight is 431 g/mol. The van der Waals surface area contributed by atoms with Crippen LogP contribution in [0.5, 0.6) is 5.75 Å². The minimum Gasteiger partial charge on any atom is -0.496 e. The topological polar surface area (TPSA) is 82.7 Å². The molecule has 162 valence electrons. The zero-order valence-corrected chi connectivity index (χ0v) is 18.8. The summed E-state index contributed by atoms with van der Waals surface area (Å²) < 4.78 is 5.36. The second-order valence-corrected chi connectivity index (χ2v) is 7.39. The molecule has 7 nitrogen and oxygen atoms in total. The molecule has 0 heterocycles. The molecule has 2 rings (SSSR count). The van der Waals surface area contributed by atoms with E-state index in [1.54, 1.807) is 30.0 Å². The molecule has 8 heteroatoms. The van der Waals surface area contributed by atoms with Gasteiger partial charge in [-0.2, -0.15) is 0 Å². The van der Waals surface area contributed by atoms with E-state index in [0.717, 1.165) is 24.5 Å². The molecule has 2 aromatic carbocycles. The van der Waals surface area contributed by atoms with Crippen molar-refractivity contribution < 1.29 is 14.3 Å². The molecule has 3 amide bonds. The number of rotatable bonds is 10. The minimum atomic E-state index is -0.370. The third-order valence-electron chi connectivity index (χ3n) is 4.66. The molecule has 0 bridgehead atoms. The standard InChI is InChI=1S/C22H30N4O3S/c1-5-26(6-2)14-13-23-21(27)19-12-9-17(15-20(19)29-3)25-22(28)24-16-7-10-18(30-4)11-8-16/h7-12,15H,5-6,13-14H2,1-4H3,(H,23,27)(H2,24,25,28). The fourth-order valence-corrected chi connectivity index (χ4v) is 3.30. The number of nitrogens with one attached hydrogen (secondary N) is 3. The number of thioether (sulfide) groups is 1. The monoisotopic (exact) mass is 430 g/mol. The van der Waals surface area contributed by atoms with Crippen molar-refractivity contribution in [1.82, 2.24) is 10.2 Å². The maximum absolute atomic E-state index is 12.5. The van der Waals surface area contributed by atoms with E-state index in [-0.39, 0.29) is 11.9 Å². The van der Waals surface area contributed by atoms with Crippen LogP contribution >= 0.6 is 11.8 Å². The Kier molecular flexibility index (Phi) is 9.50. The lowest BCUT2D eigenvalue weighted by Gasteiger charge is -2.18. The quantitative estimate of drug-likeness (QED) is 0.494. The predicted molar refractivity (Wildman–Crippen MR) is 124 cm³/mol. The lowest BCUT2D eigenvalue weighted by Crippen LogP contribution is -2.34. The number of anilines is 2. The highest BCUT2D eigenvalue weighted by Crippen LogP contribution is 2.24. The van der Waals surface area contributed by atoms with E-state index in [1.807, 2.05) is 30.5 Å². The average Bonchev–Trinajstić information content (AvgIpc) is 2.77. The molecule has 30 heavy (non-hydrogen) atoms. The van der Waals surface area contributed by atoms with Crippen LogP contribution in [-0.4, -0.2) is 56.4 Å². The van der Waals surface area contributed by atoms with E-state index in [2.05, 4.69) is 34.7 Å². The van der Waals surface area contributed by atoms with Gasteiger partial charge in [0, 0.05) is 35.4 Å². The Balaban J connectivity index is 1.96. The highest BCUT2D eigenvalue weighted by molar-refractivity contribution is 7.98. The molecule has 3 N–H and O–H groups in total. The van der Waals surface area contributed by atoms with E-state index < -0.39 is 0 Å². The van der Waals surface area contributed by atoms with Gasteiger partial charge in [-0.3, -0.25) is 4.79 Å².